The number of oxazole rings is 1. The van der Waals surface area contributed by atoms with Crippen LogP contribution in [0.4, 0.5) is 0 Å². The lowest BCUT2D eigenvalue weighted by Crippen LogP contribution is -2.41. The lowest BCUT2D eigenvalue weighted by molar-refractivity contribution is -0.121. The Morgan fingerprint density at radius 1 is 1.41 bits per heavy atom. The number of aliphatic hydroxyl groups is 1. The van der Waals surface area contributed by atoms with Crippen molar-refractivity contribution in [3.8, 4) is 11.5 Å². The van der Waals surface area contributed by atoms with Crippen molar-refractivity contribution in [3.05, 3.63) is 42.3 Å². The number of carbonyl (C=O) groups is 1. The highest BCUT2D eigenvalue weighted by atomic mass is 32.2. The van der Waals surface area contributed by atoms with Crippen LogP contribution in [-0.4, -0.2) is 40.2 Å². The molecule has 22 heavy (non-hydrogen) atoms. The largest absolute Gasteiger partial charge is 0.444 e. The Morgan fingerprint density at radius 3 is 2.77 bits per heavy atom. The lowest BCUT2D eigenvalue weighted by Gasteiger charge is -2.20. The first-order valence-electron chi connectivity index (χ1n) is 7.07. The summed E-state index contributed by atoms with van der Waals surface area (Å²) in [4.78, 5) is 16.4. The zero-order chi connectivity index (χ0) is 15.9. The van der Waals surface area contributed by atoms with Crippen molar-refractivity contribution in [2.45, 2.75) is 24.6 Å². The third-order valence-electron chi connectivity index (χ3n) is 3.34. The van der Waals surface area contributed by atoms with Gasteiger partial charge in [-0.2, -0.15) is 11.8 Å². The number of carbonyl (C=O) groups excluding carboxylic acids is 1. The van der Waals surface area contributed by atoms with Gasteiger partial charge in [-0.25, -0.2) is 4.98 Å². The number of aromatic nitrogens is 1. The van der Waals surface area contributed by atoms with Crippen molar-refractivity contribution >= 4 is 17.7 Å². The monoisotopic (exact) mass is 320 g/mol. The fourth-order valence-electron chi connectivity index (χ4n) is 2.10. The summed E-state index contributed by atoms with van der Waals surface area (Å²) in [5.41, 5.74) is 1.47. The van der Waals surface area contributed by atoms with Crippen LogP contribution in [0.25, 0.3) is 11.5 Å². The van der Waals surface area contributed by atoms with Crippen molar-refractivity contribution in [2.24, 2.45) is 0 Å². The van der Waals surface area contributed by atoms with E-state index in [1.54, 1.807) is 0 Å². The van der Waals surface area contributed by atoms with Gasteiger partial charge in [-0.15, -0.1) is 0 Å². The Morgan fingerprint density at radius 2 is 2.14 bits per heavy atom. The van der Waals surface area contributed by atoms with Crippen LogP contribution in [0.15, 0.2) is 41.0 Å². The van der Waals surface area contributed by atoms with Gasteiger partial charge >= 0.3 is 0 Å². The molecule has 5 nitrogen and oxygen atoms in total. The number of hydrogen-bond donors (Lipinski definition) is 2. The van der Waals surface area contributed by atoms with Gasteiger partial charge in [-0.3, -0.25) is 4.79 Å². The fraction of sp³-hybridized carbons (Fsp3) is 0.375. The van der Waals surface area contributed by atoms with Crippen molar-refractivity contribution in [1.82, 2.24) is 10.3 Å². The maximum Gasteiger partial charge on any atom is 0.226 e. The molecule has 2 rings (SSSR count). The second kappa shape index (κ2) is 8.00. The average molecular weight is 320 g/mol. The molecule has 1 amide bonds. The molecule has 0 fully saturated rings. The first-order valence-corrected chi connectivity index (χ1v) is 8.35. The van der Waals surface area contributed by atoms with Gasteiger partial charge in [-0.1, -0.05) is 18.2 Å². The molecule has 0 radical (unpaired) electrons. The van der Waals surface area contributed by atoms with E-state index in [9.17, 15) is 9.90 Å². The zero-order valence-corrected chi connectivity index (χ0v) is 13.5. The third kappa shape index (κ3) is 4.35. The summed E-state index contributed by atoms with van der Waals surface area (Å²) >= 11 is 1.53. The van der Waals surface area contributed by atoms with Crippen molar-refractivity contribution in [2.75, 3.05) is 12.9 Å². The highest BCUT2D eigenvalue weighted by Gasteiger charge is 2.18. The Hall–Kier alpha value is -1.79. The number of aliphatic hydroxyl groups excluding tert-OH is 1. The number of rotatable bonds is 7. The molecule has 0 saturated heterocycles. The van der Waals surface area contributed by atoms with Crippen LogP contribution in [0, 0.1) is 0 Å². The lowest BCUT2D eigenvalue weighted by atomic mass is 10.2. The molecule has 2 unspecified atom stereocenters. The smallest absolute Gasteiger partial charge is 0.226 e. The topological polar surface area (TPSA) is 75.4 Å². The molecule has 0 bridgehead atoms. The van der Waals surface area contributed by atoms with Gasteiger partial charge in [0, 0.05) is 16.9 Å². The van der Waals surface area contributed by atoms with Crippen LogP contribution in [-0.2, 0) is 11.2 Å². The van der Waals surface area contributed by atoms with Crippen LogP contribution in [0.2, 0.25) is 0 Å². The average Bonchev–Trinajstić information content (AvgIpc) is 2.97. The number of nitrogens with one attached hydrogen (secondary N) is 1. The molecule has 0 aliphatic carbocycles. The van der Waals surface area contributed by atoms with E-state index < -0.39 is 0 Å². The molecule has 118 valence electrons. The molecule has 1 heterocycles. The number of thioether (sulfide) groups is 1. The molecular weight excluding hydrogens is 300 g/mol. The summed E-state index contributed by atoms with van der Waals surface area (Å²) in [5.74, 6) is 0.377. The van der Waals surface area contributed by atoms with Crippen molar-refractivity contribution in [1.29, 1.82) is 0 Å². The van der Waals surface area contributed by atoms with Gasteiger partial charge in [0.25, 0.3) is 0 Å². The fourth-order valence-corrected chi connectivity index (χ4v) is 2.73. The quantitative estimate of drug-likeness (QED) is 0.817. The van der Waals surface area contributed by atoms with Gasteiger partial charge in [0.1, 0.15) is 6.26 Å². The van der Waals surface area contributed by atoms with Crippen LogP contribution in [0.5, 0.6) is 0 Å². The summed E-state index contributed by atoms with van der Waals surface area (Å²) in [6.45, 7) is 1.91. The van der Waals surface area contributed by atoms with E-state index in [0.717, 1.165) is 5.56 Å². The van der Waals surface area contributed by atoms with Gasteiger partial charge < -0.3 is 14.8 Å². The highest BCUT2D eigenvalue weighted by molar-refractivity contribution is 7.99. The van der Waals surface area contributed by atoms with Crippen LogP contribution >= 0.6 is 11.8 Å². The Labute approximate surface area is 134 Å². The summed E-state index contributed by atoms with van der Waals surface area (Å²) in [6.07, 6.45) is 3.57. The minimum Gasteiger partial charge on any atom is -0.444 e. The summed E-state index contributed by atoms with van der Waals surface area (Å²) in [7, 11) is 0. The molecule has 0 aliphatic heterocycles. The van der Waals surface area contributed by atoms with Crippen LogP contribution in [0.1, 0.15) is 12.6 Å². The van der Waals surface area contributed by atoms with Crippen molar-refractivity contribution in [3.63, 3.8) is 0 Å². The van der Waals surface area contributed by atoms with E-state index in [2.05, 4.69) is 10.3 Å². The summed E-state index contributed by atoms with van der Waals surface area (Å²) in [6, 6.07) is 9.44. The Bertz CT molecular complexity index is 596. The molecule has 2 aromatic rings. The van der Waals surface area contributed by atoms with Gasteiger partial charge in [-0.05, 0) is 25.3 Å². The van der Waals surface area contributed by atoms with E-state index in [1.807, 2.05) is 43.5 Å². The zero-order valence-electron chi connectivity index (χ0n) is 12.7. The van der Waals surface area contributed by atoms with Gasteiger partial charge in [0.15, 0.2) is 0 Å². The molecule has 0 saturated carbocycles. The van der Waals surface area contributed by atoms with Crippen LogP contribution in [0.3, 0.4) is 0 Å². The van der Waals surface area contributed by atoms with Gasteiger partial charge in [0.05, 0.1) is 18.7 Å². The third-order valence-corrected chi connectivity index (χ3v) is 4.51. The molecular formula is C16H20N2O3S. The second-order valence-corrected chi connectivity index (χ2v) is 6.08. The maximum absolute atomic E-state index is 12.0. The van der Waals surface area contributed by atoms with E-state index in [4.69, 9.17) is 4.42 Å². The Kier molecular flexibility index (Phi) is 6.03. The molecule has 2 atom stereocenters. The molecule has 0 aliphatic rings. The SMILES string of the molecule is CSC(CO)C(C)NC(=O)Cc1coc(-c2ccccc2)n1. The van der Waals surface area contributed by atoms with Crippen molar-refractivity contribution < 1.29 is 14.3 Å². The molecule has 1 aromatic carbocycles. The first kappa shape index (κ1) is 16.6. The summed E-state index contributed by atoms with van der Waals surface area (Å²) < 4.78 is 5.41. The number of hydrogen-bond acceptors (Lipinski definition) is 5. The molecule has 2 N–H and O–H groups in total. The predicted molar refractivity (Wildman–Crippen MR) is 87.6 cm³/mol. The first-order chi connectivity index (χ1) is 10.6. The Balaban J connectivity index is 1.94. The molecule has 0 spiro atoms. The molecule has 1 aromatic heterocycles. The number of benzene rings is 1. The maximum atomic E-state index is 12.0. The van der Waals surface area contributed by atoms with E-state index in [1.165, 1.54) is 18.0 Å². The van der Waals surface area contributed by atoms with Gasteiger partial charge in [0.2, 0.25) is 11.8 Å². The summed E-state index contributed by atoms with van der Waals surface area (Å²) in [5, 5.41) is 12.1. The minimum atomic E-state index is -0.132. The predicted octanol–water partition coefficient (Wildman–Crippen LogP) is 2.11. The number of amides is 1. The molecule has 6 heteroatoms. The van der Waals surface area contributed by atoms with Crippen LogP contribution < -0.4 is 5.32 Å². The standard InChI is InChI=1S/C16H20N2O3S/c1-11(14(9-19)22-2)17-15(20)8-13-10-21-16(18-13)12-6-4-3-5-7-12/h3-7,10-11,14,19H,8-9H2,1-2H3,(H,17,20). The second-order valence-electron chi connectivity index (χ2n) is 5.00. The minimum absolute atomic E-state index is 0.0128. The number of nitrogens with zero attached hydrogens (tertiary/aromatic N) is 1. The van der Waals surface area contributed by atoms with E-state index in [-0.39, 0.29) is 30.2 Å². The van der Waals surface area contributed by atoms with E-state index >= 15 is 0 Å². The van der Waals surface area contributed by atoms with E-state index in [0.29, 0.717) is 11.6 Å². The normalized spacial score (nSPS) is 13.6. The highest BCUT2D eigenvalue weighted by Crippen LogP contribution is 2.18.